The second-order valence-corrected chi connectivity index (χ2v) is 7.74. The molecule has 0 saturated heterocycles. The van der Waals surface area contributed by atoms with Gasteiger partial charge in [-0.25, -0.2) is 9.97 Å². The number of hydrogen-bond donors (Lipinski definition) is 1. The first-order valence-corrected chi connectivity index (χ1v) is 9.65. The van der Waals surface area contributed by atoms with Crippen molar-refractivity contribution >= 4 is 33.3 Å². The third-order valence-corrected chi connectivity index (χ3v) is 5.90. The third kappa shape index (κ3) is 3.26. The average Bonchev–Trinajstić information content (AvgIpc) is 3.02. The molecule has 3 aromatic rings. The Bertz CT molecular complexity index is 1020. The lowest BCUT2D eigenvalue weighted by Gasteiger charge is -2.10. The molecule has 3 aromatic heterocycles. The van der Waals surface area contributed by atoms with Gasteiger partial charge in [0.1, 0.15) is 10.6 Å². The van der Waals surface area contributed by atoms with Gasteiger partial charge in [-0.05, 0) is 49.8 Å². The Hall–Kier alpha value is -2.54. The quantitative estimate of drug-likeness (QED) is 0.768. The number of aromatic nitrogens is 3. The molecular weight excluding hydrogens is 348 g/mol. The van der Waals surface area contributed by atoms with Gasteiger partial charge in [-0.1, -0.05) is 6.07 Å². The van der Waals surface area contributed by atoms with Crippen LogP contribution in [0.4, 0.5) is 5.82 Å². The largest absolute Gasteiger partial charge is 0.311 e. The molecule has 3 heterocycles. The van der Waals surface area contributed by atoms with E-state index < -0.39 is 0 Å². The zero-order valence-corrected chi connectivity index (χ0v) is 15.4. The van der Waals surface area contributed by atoms with Crippen molar-refractivity contribution in [2.24, 2.45) is 0 Å². The molecule has 0 aliphatic heterocycles. The molecule has 134 valence electrons. The smallest absolute Gasteiger partial charge is 0.262 e. The number of pyridine rings is 1. The molecule has 0 atom stereocenters. The Morgan fingerprint density at radius 1 is 1.27 bits per heavy atom. The van der Waals surface area contributed by atoms with Gasteiger partial charge in [0.15, 0.2) is 0 Å². The fourth-order valence-electron chi connectivity index (χ4n) is 3.31. The first kappa shape index (κ1) is 16.9. The predicted octanol–water partition coefficient (Wildman–Crippen LogP) is 3.07. The first-order chi connectivity index (χ1) is 12.6. The number of carbonyl (C=O) groups excluding carboxylic acids is 1. The van der Waals surface area contributed by atoms with Crippen molar-refractivity contribution in [2.75, 3.05) is 5.32 Å². The number of carbonyl (C=O) groups is 1. The van der Waals surface area contributed by atoms with Crippen LogP contribution in [0.2, 0.25) is 0 Å². The summed E-state index contributed by atoms with van der Waals surface area (Å²) in [5.41, 5.74) is 2.18. The maximum absolute atomic E-state index is 12.9. The number of anilines is 1. The van der Waals surface area contributed by atoms with Crippen LogP contribution in [0.5, 0.6) is 0 Å². The summed E-state index contributed by atoms with van der Waals surface area (Å²) in [5.74, 6) is 0.356. The van der Waals surface area contributed by atoms with E-state index in [9.17, 15) is 9.59 Å². The number of nitrogens with zero attached hydrogens (tertiary/aromatic N) is 3. The molecule has 6 nitrogen and oxygen atoms in total. The van der Waals surface area contributed by atoms with E-state index in [1.807, 2.05) is 13.0 Å². The number of rotatable bonds is 4. The lowest BCUT2D eigenvalue weighted by Crippen LogP contribution is -2.24. The standard InChI is InChI=1S/C19H20N4O2S/c1-12-6-7-15(20-10-12)22-16(24)8-9-23-11-21-18-17(19(23)25)13-4-2-3-5-14(13)26-18/h6-7,10-11H,2-5,8-9H2,1H3,(H,20,22,24). The highest BCUT2D eigenvalue weighted by atomic mass is 32.1. The van der Waals surface area contributed by atoms with Crippen molar-refractivity contribution in [3.8, 4) is 0 Å². The molecule has 1 aliphatic rings. The van der Waals surface area contributed by atoms with E-state index in [4.69, 9.17) is 0 Å². The number of nitrogens with one attached hydrogen (secondary N) is 1. The Labute approximate surface area is 154 Å². The molecule has 1 N–H and O–H groups in total. The minimum absolute atomic E-state index is 0.0318. The highest BCUT2D eigenvalue weighted by molar-refractivity contribution is 7.18. The number of hydrogen-bond acceptors (Lipinski definition) is 5. The van der Waals surface area contributed by atoms with Crippen LogP contribution in [0.25, 0.3) is 10.2 Å². The molecule has 7 heteroatoms. The van der Waals surface area contributed by atoms with Gasteiger partial charge in [0, 0.05) is 24.0 Å². The fourth-order valence-corrected chi connectivity index (χ4v) is 4.53. The van der Waals surface area contributed by atoms with E-state index in [-0.39, 0.29) is 17.9 Å². The van der Waals surface area contributed by atoms with E-state index >= 15 is 0 Å². The van der Waals surface area contributed by atoms with E-state index in [0.29, 0.717) is 12.4 Å². The highest BCUT2D eigenvalue weighted by Gasteiger charge is 2.20. The maximum Gasteiger partial charge on any atom is 0.262 e. The minimum Gasteiger partial charge on any atom is -0.311 e. The SMILES string of the molecule is Cc1ccc(NC(=O)CCn2cnc3sc4c(c3c2=O)CCCC4)nc1. The van der Waals surface area contributed by atoms with Gasteiger partial charge in [-0.2, -0.15) is 0 Å². The lowest BCUT2D eigenvalue weighted by molar-refractivity contribution is -0.116. The molecule has 0 fully saturated rings. The van der Waals surface area contributed by atoms with Gasteiger partial charge in [-0.15, -0.1) is 11.3 Å². The van der Waals surface area contributed by atoms with Crippen molar-refractivity contribution < 1.29 is 4.79 Å². The van der Waals surface area contributed by atoms with Crippen LogP contribution >= 0.6 is 11.3 Å². The van der Waals surface area contributed by atoms with Crippen molar-refractivity contribution in [1.29, 1.82) is 0 Å². The van der Waals surface area contributed by atoms with E-state index in [1.54, 1.807) is 34.5 Å². The summed E-state index contributed by atoms with van der Waals surface area (Å²) in [6.07, 6.45) is 7.77. The van der Waals surface area contributed by atoms with Gasteiger partial charge in [0.2, 0.25) is 5.91 Å². The first-order valence-electron chi connectivity index (χ1n) is 8.84. The van der Waals surface area contributed by atoms with Crippen LogP contribution in [0.1, 0.15) is 35.3 Å². The van der Waals surface area contributed by atoms with Crippen LogP contribution < -0.4 is 10.9 Å². The van der Waals surface area contributed by atoms with Crippen molar-refractivity contribution in [3.63, 3.8) is 0 Å². The molecule has 0 radical (unpaired) electrons. The molecule has 0 saturated carbocycles. The normalized spacial score (nSPS) is 13.6. The summed E-state index contributed by atoms with van der Waals surface area (Å²) in [6.45, 7) is 2.25. The summed E-state index contributed by atoms with van der Waals surface area (Å²) in [7, 11) is 0. The van der Waals surface area contributed by atoms with Crippen molar-refractivity contribution in [1.82, 2.24) is 14.5 Å². The number of fused-ring (bicyclic) bond motifs is 3. The minimum atomic E-state index is -0.166. The van der Waals surface area contributed by atoms with Crippen LogP contribution in [-0.2, 0) is 24.2 Å². The second-order valence-electron chi connectivity index (χ2n) is 6.65. The fraction of sp³-hybridized carbons (Fsp3) is 0.368. The summed E-state index contributed by atoms with van der Waals surface area (Å²) in [4.78, 5) is 35.7. The topological polar surface area (TPSA) is 76.9 Å². The Kier molecular flexibility index (Phi) is 4.55. The molecule has 0 spiro atoms. The van der Waals surface area contributed by atoms with Crippen LogP contribution in [0.3, 0.4) is 0 Å². The summed E-state index contributed by atoms with van der Waals surface area (Å²) >= 11 is 1.64. The molecule has 26 heavy (non-hydrogen) atoms. The van der Waals surface area contributed by atoms with Gasteiger partial charge in [0.05, 0.1) is 11.7 Å². The van der Waals surface area contributed by atoms with Crippen LogP contribution in [0, 0.1) is 6.92 Å². The Morgan fingerprint density at radius 2 is 2.12 bits per heavy atom. The molecular formula is C19H20N4O2S. The van der Waals surface area contributed by atoms with Gasteiger partial charge in [-0.3, -0.25) is 14.2 Å². The summed E-state index contributed by atoms with van der Waals surface area (Å²) in [5, 5.41) is 3.51. The van der Waals surface area contributed by atoms with E-state index in [0.717, 1.165) is 35.0 Å². The van der Waals surface area contributed by atoms with Crippen LogP contribution in [0.15, 0.2) is 29.5 Å². The molecule has 0 bridgehead atoms. The molecule has 0 aromatic carbocycles. The number of amides is 1. The molecule has 1 aliphatic carbocycles. The van der Waals surface area contributed by atoms with E-state index in [1.165, 1.54) is 16.9 Å². The molecule has 0 unspecified atom stereocenters. The molecule has 4 rings (SSSR count). The maximum atomic E-state index is 12.9. The predicted molar refractivity (Wildman–Crippen MR) is 103 cm³/mol. The van der Waals surface area contributed by atoms with Gasteiger partial charge < -0.3 is 5.32 Å². The Balaban J connectivity index is 1.50. The number of aryl methyl sites for hydroxylation is 4. The van der Waals surface area contributed by atoms with Crippen molar-refractivity contribution in [3.05, 3.63) is 51.0 Å². The number of thiophene rings is 1. The summed E-state index contributed by atoms with van der Waals surface area (Å²) < 4.78 is 1.55. The third-order valence-electron chi connectivity index (χ3n) is 4.70. The van der Waals surface area contributed by atoms with Crippen LogP contribution in [-0.4, -0.2) is 20.4 Å². The highest BCUT2D eigenvalue weighted by Crippen LogP contribution is 2.33. The Morgan fingerprint density at radius 3 is 2.92 bits per heavy atom. The zero-order valence-electron chi connectivity index (χ0n) is 14.6. The lowest BCUT2D eigenvalue weighted by atomic mass is 9.97. The van der Waals surface area contributed by atoms with Gasteiger partial charge in [0.25, 0.3) is 5.56 Å². The second kappa shape index (κ2) is 6.99. The van der Waals surface area contributed by atoms with Crippen molar-refractivity contribution in [2.45, 2.75) is 45.6 Å². The summed E-state index contributed by atoms with van der Waals surface area (Å²) in [6, 6.07) is 3.66. The average molecular weight is 368 g/mol. The monoisotopic (exact) mass is 368 g/mol. The zero-order chi connectivity index (χ0) is 18.1. The van der Waals surface area contributed by atoms with E-state index in [2.05, 4.69) is 15.3 Å². The van der Waals surface area contributed by atoms with Gasteiger partial charge >= 0.3 is 0 Å². The molecule has 1 amide bonds.